The number of hydrogen-bond acceptors (Lipinski definition) is 3. The average Bonchev–Trinajstić information content (AvgIpc) is 2.74. The SMILES string of the molecule is CC(Oc1ccc(-c2ccccc2)cc1)C(=O)Nc1cccc(C(=O)NC(C)(C)C)c1. The van der Waals surface area contributed by atoms with Gasteiger partial charge in [-0.25, -0.2) is 0 Å². The molecule has 0 heterocycles. The van der Waals surface area contributed by atoms with E-state index in [1.165, 1.54) is 0 Å². The predicted molar refractivity (Wildman–Crippen MR) is 124 cm³/mol. The van der Waals surface area contributed by atoms with Crippen molar-refractivity contribution in [1.29, 1.82) is 0 Å². The number of hydrogen-bond donors (Lipinski definition) is 2. The van der Waals surface area contributed by atoms with E-state index in [-0.39, 0.29) is 17.4 Å². The number of amides is 2. The van der Waals surface area contributed by atoms with Gasteiger partial charge >= 0.3 is 0 Å². The van der Waals surface area contributed by atoms with Crippen molar-refractivity contribution in [2.75, 3.05) is 5.32 Å². The second-order valence-electron chi connectivity index (χ2n) is 8.42. The van der Waals surface area contributed by atoms with Crippen LogP contribution in [0.4, 0.5) is 5.69 Å². The maximum absolute atomic E-state index is 12.6. The maximum Gasteiger partial charge on any atom is 0.265 e. The Morgan fingerprint density at radius 3 is 2.13 bits per heavy atom. The summed E-state index contributed by atoms with van der Waals surface area (Å²) in [5.41, 5.74) is 2.89. The molecule has 31 heavy (non-hydrogen) atoms. The largest absolute Gasteiger partial charge is 0.481 e. The molecule has 5 nitrogen and oxygen atoms in total. The summed E-state index contributed by atoms with van der Waals surface area (Å²) in [6, 6.07) is 24.5. The molecule has 0 saturated heterocycles. The first-order valence-corrected chi connectivity index (χ1v) is 10.3. The third-order valence-corrected chi connectivity index (χ3v) is 4.52. The topological polar surface area (TPSA) is 67.4 Å². The van der Waals surface area contributed by atoms with Gasteiger partial charge in [-0.1, -0.05) is 48.5 Å². The average molecular weight is 417 g/mol. The van der Waals surface area contributed by atoms with Crippen LogP contribution in [0, 0.1) is 0 Å². The number of anilines is 1. The zero-order chi connectivity index (χ0) is 22.4. The third kappa shape index (κ3) is 6.44. The Bertz CT molecular complexity index is 1040. The summed E-state index contributed by atoms with van der Waals surface area (Å²) in [4.78, 5) is 24.9. The van der Waals surface area contributed by atoms with Crippen molar-refractivity contribution in [3.63, 3.8) is 0 Å². The van der Waals surface area contributed by atoms with Crippen LogP contribution in [0.25, 0.3) is 11.1 Å². The van der Waals surface area contributed by atoms with Gasteiger partial charge in [0.25, 0.3) is 11.8 Å². The lowest BCUT2D eigenvalue weighted by atomic mass is 10.1. The normalized spacial score (nSPS) is 12.0. The molecular formula is C26H28N2O3. The van der Waals surface area contributed by atoms with E-state index in [2.05, 4.69) is 10.6 Å². The molecule has 0 aliphatic rings. The maximum atomic E-state index is 12.6. The van der Waals surface area contributed by atoms with E-state index in [0.717, 1.165) is 11.1 Å². The Morgan fingerprint density at radius 1 is 0.839 bits per heavy atom. The van der Waals surface area contributed by atoms with Gasteiger partial charge in [0.2, 0.25) is 0 Å². The van der Waals surface area contributed by atoms with Gasteiger partial charge < -0.3 is 15.4 Å². The highest BCUT2D eigenvalue weighted by molar-refractivity contribution is 5.98. The Balaban J connectivity index is 1.61. The lowest BCUT2D eigenvalue weighted by molar-refractivity contribution is -0.122. The lowest BCUT2D eigenvalue weighted by Gasteiger charge is -2.20. The minimum atomic E-state index is -0.699. The van der Waals surface area contributed by atoms with Gasteiger partial charge in [-0.2, -0.15) is 0 Å². The van der Waals surface area contributed by atoms with E-state index in [0.29, 0.717) is 17.0 Å². The Hall–Kier alpha value is -3.60. The molecule has 0 fully saturated rings. The standard InChI is InChI=1S/C26H28N2O3/c1-18(31-23-15-13-20(14-16-23)19-9-6-5-7-10-19)24(29)27-22-12-8-11-21(17-22)25(30)28-26(2,3)4/h5-18H,1-4H3,(H,27,29)(H,28,30). The summed E-state index contributed by atoms with van der Waals surface area (Å²) in [5, 5.41) is 5.72. The van der Waals surface area contributed by atoms with Gasteiger partial charge in [-0.05, 0) is 69.2 Å². The molecule has 160 valence electrons. The van der Waals surface area contributed by atoms with Crippen LogP contribution in [0.5, 0.6) is 5.75 Å². The molecule has 2 N–H and O–H groups in total. The molecule has 0 aliphatic carbocycles. The van der Waals surface area contributed by atoms with Crippen LogP contribution in [-0.4, -0.2) is 23.5 Å². The highest BCUT2D eigenvalue weighted by Gasteiger charge is 2.18. The van der Waals surface area contributed by atoms with E-state index in [1.807, 2.05) is 75.4 Å². The van der Waals surface area contributed by atoms with E-state index < -0.39 is 6.10 Å². The summed E-state index contributed by atoms with van der Waals surface area (Å²) >= 11 is 0. The molecule has 1 unspecified atom stereocenters. The third-order valence-electron chi connectivity index (χ3n) is 4.52. The summed E-state index contributed by atoms with van der Waals surface area (Å²) in [7, 11) is 0. The second-order valence-corrected chi connectivity index (χ2v) is 8.42. The first kappa shape index (κ1) is 22.1. The summed E-state index contributed by atoms with van der Waals surface area (Å²) in [6.45, 7) is 7.45. The van der Waals surface area contributed by atoms with Crippen molar-refractivity contribution in [3.8, 4) is 16.9 Å². The van der Waals surface area contributed by atoms with Gasteiger partial charge in [0.15, 0.2) is 6.10 Å². The van der Waals surface area contributed by atoms with E-state index in [9.17, 15) is 9.59 Å². The molecule has 0 radical (unpaired) electrons. The second kappa shape index (κ2) is 9.47. The van der Waals surface area contributed by atoms with Crippen LogP contribution in [0.2, 0.25) is 0 Å². The Morgan fingerprint density at radius 2 is 1.48 bits per heavy atom. The van der Waals surface area contributed by atoms with Crippen LogP contribution in [0.1, 0.15) is 38.1 Å². The summed E-state index contributed by atoms with van der Waals surface area (Å²) in [5.74, 6) is 0.132. The van der Waals surface area contributed by atoms with Crippen molar-refractivity contribution in [1.82, 2.24) is 5.32 Å². The monoisotopic (exact) mass is 416 g/mol. The van der Waals surface area contributed by atoms with Crippen LogP contribution in [0.3, 0.4) is 0 Å². The molecule has 2 amide bonds. The van der Waals surface area contributed by atoms with Crippen LogP contribution in [-0.2, 0) is 4.79 Å². The molecule has 0 saturated carbocycles. The van der Waals surface area contributed by atoms with Crippen LogP contribution >= 0.6 is 0 Å². The van der Waals surface area contributed by atoms with E-state index in [1.54, 1.807) is 31.2 Å². The number of carbonyl (C=O) groups excluding carboxylic acids is 2. The zero-order valence-corrected chi connectivity index (χ0v) is 18.3. The molecular weight excluding hydrogens is 388 g/mol. The molecule has 3 aromatic carbocycles. The number of carbonyl (C=O) groups is 2. The fourth-order valence-electron chi connectivity index (χ4n) is 3.01. The highest BCUT2D eigenvalue weighted by Crippen LogP contribution is 2.23. The first-order chi connectivity index (χ1) is 14.7. The highest BCUT2D eigenvalue weighted by atomic mass is 16.5. The molecule has 0 aromatic heterocycles. The molecule has 3 aromatic rings. The Labute approximate surface area is 183 Å². The number of ether oxygens (including phenoxy) is 1. The fraction of sp³-hybridized carbons (Fsp3) is 0.231. The molecule has 5 heteroatoms. The Kier molecular flexibility index (Phi) is 6.75. The van der Waals surface area contributed by atoms with Crippen LogP contribution < -0.4 is 15.4 Å². The molecule has 0 spiro atoms. The van der Waals surface area contributed by atoms with Gasteiger partial charge in [0.1, 0.15) is 5.75 Å². The number of benzene rings is 3. The first-order valence-electron chi connectivity index (χ1n) is 10.3. The van der Waals surface area contributed by atoms with Crippen molar-refractivity contribution < 1.29 is 14.3 Å². The quantitative estimate of drug-likeness (QED) is 0.574. The molecule has 1 atom stereocenters. The molecule has 3 rings (SSSR count). The van der Waals surface area contributed by atoms with Crippen molar-refractivity contribution >= 4 is 17.5 Å². The minimum Gasteiger partial charge on any atom is -0.481 e. The van der Waals surface area contributed by atoms with Gasteiger partial charge in [0.05, 0.1) is 0 Å². The number of rotatable bonds is 6. The summed E-state index contributed by atoms with van der Waals surface area (Å²) in [6.07, 6.45) is -0.699. The van der Waals surface area contributed by atoms with Crippen molar-refractivity contribution in [2.24, 2.45) is 0 Å². The van der Waals surface area contributed by atoms with Crippen LogP contribution in [0.15, 0.2) is 78.9 Å². The summed E-state index contributed by atoms with van der Waals surface area (Å²) < 4.78 is 5.79. The minimum absolute atomic E-state index is 0.189. The van der Waals surface area contributed by atoms with Gasteiger partial charge in [0, 0.05) is 16.8 Å². The number of nitrogens with one attached hydrogen (secondary N) is 2. The fourth-order valence-corrected chi connectivity index (χ4v) is 3.01. The van der Waals surface area contributed by atoms with E-state index in [4.69, 9.17) is 4.74 Å². The zero-order valence-electron chi connectivity index (χ0n) is 18.3. The van der Waals surface area contributed by atoms with Crippen molar-refractivity contribution in [3.05, 3.63) is 84.4 Å². The predicted octanol–water partition coefficient (Wildman–Crippen LogP) is 5.29. The lowest BCUT2D eigenvalue weighted by Crippen LogP contribution is -2.40. The molecule has 0 bridgehead atoms. The van der Waals surface area contributed by atoms with Gasteiger partial charge in [-0.3, -0.25) is 9.59 Å². The van der Waals surface area contributed by atoms with Crippen molar-refractivity contribution in [2.45, 2.75) is 39.3 Å². The smallest absolute Gasteiger partial charge is 0.265 e. The van der Waals surface area contributed by atoms with Gasteiger partial charge in [-0.15, -0.1) is 0 Å². The molecule has 0 aliphatic heterocycles. The van der Waals surface area contributed by atoms with E-state index >= 15 is 0 Å².